The van der Waals surface area contributed by atoms with E-state index in [2.05, 4.69) is 9.88 Å². The van der Waals surface area contributed by atoms with Crippen molar-refractivity contribution in [3.8, 4) is 0 Å². The Morgan fingerprint density at radius 1 is 1.25 bits per heavy atom. The molecule has 0 spiro atoms. The number of aromatic nitrogens is 1. The molecule has 1 aromatic heterocycles. The van der Waals surface area contributed by atoms with E-state index in [1.54, 1.807) is 11.3 Å². The van der Waals surface area contributed by atoms with Crippen LogP contribution in [0.15, 0.2) is 5.38 Å². The maximum Gasteiger partial charge on any atom is 0.159 e. The van der Waals surface area contributed by atoms with E-state index in [4.69, 9.17) is 0 Å². The van der Waals surface area contributed by atoms with Crippen molar-refractivity contribution in [1.82, 2.24) is 9.88 Å². The fourth-order valence-corrected chi connectivity index (χ4v) is 4.61. The lowest BCUT2D eigenvalue weighted by Crippen LogP contribution is -2.55. The maximum absolute atomic E-state index is 13.0. The van der Waals surface area contributed by atoms with E-state index < -0.39 is 0 Å². The summed E-state index contributed by atoms with van der Waals surface area (Å²) in [5.74, 6) is 0.422. The third-order valence-electron chi connectivity index (χ3n) is 4.89. The summed E-state index contributed by atoms with van der Waals surface area (Å²) in [4.78, 5) is 20.0. The SMILES string of the molecule is Cc1csc(CC(=O)C2(N3CCCCC3)CCCC2)n1. The second-order valence-corrected chi connectivity index (χ2v) is 7.21. The second kappa shape index (κ2) is 5.94. The lowest BCUT2D eigenvalue weighted by Gasteiger charge is -2.42. The van der Waals surface area contributed by atoms with Gasteiger partial charge in [-0.3, -0.25) is 9.69 Å². The topological polar surface area (TPSA) is 33.2 Å². The molecule has 0 amide bonds. The average molecular weight is 292 g/mol. The zero-order chi connectivity index (χ0) is 14.0. The Hall–Kier alpha value is -0.740. The Balaban J connectivity index is 1.76. The number of rotatable bonds is 4. The van der Waals surface area contributed by atoms with Crippen LogP contribution >= 0.6 is 11.3 Å². The van der Waals surface area contributed by atoms with Crippen LogP contribution in [-0.2, 0) is 11.2 Å². The largest absolute Gasteiger partial charge is 0.297 e. The highest BCUT2D eigenvalue weighted by atomic mass is 32.1. The Bertz CT molecular complexity index is 471. The summed E-state index contributed by atoms with van der Waals surface area (Å²) >= 11 is 1.63. The molecule has 1 aliphatic carbocycles. The van der Waals surface area contributed by atoms with Gasteiger partial charge in [0.2, 0.25) is 0 Å². The summed E-state index contributed by atoms with van der Waals surface area (Å²) in [6.07, 6.45) is 8.92. The molecule has 3 rings (SSSR count). The molecule has 0 radical (unpaired) electrons. The van der Waals surface area contributed by atoms with E-state index in [9.17, 15) is 4.79 Å². The van der Waals surface area contributed by atoms with E-state index in [1.165, 1.54) is 32.1 Å². The standard InChI is InChI=1S/C16H24N2OS/c1-13-12-20-15(17-13)11-14(19)16(7-3-4-8-16)18-9-5-2-6-10-18/h12H,2-11H2,1H3. The van der Waals surface area contributed by atoms with Gasteiger partial charge in [-0.2, -0.15) is 0 Å². The number of aryl methyl sites for hydroxylation is 1. The summed E-state index contributed by atoms with van der Waals surface area (Å²) in [7, 11) is 0. The molecule has 0 bridgehead atoms. The maximum atomic E-state index is 13.0. The molecule has 3 nitrogen and oxygen atoms in total. The van der Waals surface area contributed by atoms with E-state index in [1.807, 2.05) is 12.3 Å². The highest BCUT2D eigenvalue weighted by molar-refractivity contribution is 7.09. The highest BCUT2D eigenvalue weighted by Crippen LogP contribution is 2.38. The lowest BCUT2D eigenvalue weighted by molar-refractivity contribution is -0.131. The predicted molar refractivity (Wildman–Crippen MR) is 82.2 cm³/mol. The van der Waals surface area contributed by atoms with Crippen LogP contribution in [-0.4, -0.2) is 34.3 Å². The van der Waals surface area contributed by atoms with E-state index in [0.717, 1.165) is 36.6 Å². The molecule has 1 saturated heterocycles. The third-order valence-corrected chi connectivity index (χ3v) is 5.86. The Labute approximate surface area is 125 Å². The Morgan fingerprint density at radius 2 is 1.95 bits per heavy atom. The van der Waals surface area contributed by atoms with Crippen LogP contribution in [0, 0.1) is 6.92 Å². The number of hydrogen-bond donors (Lipinski definition) is 0. The van der Waals surface area contributed by atoms with Gasteiger partial charge in [-0.1, -0.05) is 19.3 Å². The van der Waals surface area contributed by atoms with Crippen molar-refractivity contribution < 1.29 is 4.79 Å². The number of hydrogen-bond acceptors (Lipinski definition) is 4. The number of carbonyl (C=O) groups is 1. The monoisotopic (exact) mass is 292 g/mol. The first kappa shape index (κ1) is 14.2. The van der Waals surface area contributed by atoms with Crippen molar-refractivity contribution in [3.05, 3.63) is 16.1 Å². The number of likely N-dealkylation sites (tertiary alicyclic amines) is 1. The molecule has 2 heterocycles. The number of thiazole rings is 1. The van der Waals surface area contributed by atoms with Gasteiger partial charge in [0.05, 0.1) is 12.0 Å². The van der Waals surface area contributed by atoms with Crippen molar-refractivity contribution in [2.75, 3.05) is 13.1 Å². The number of piperidine rings is 1. The zero-order valence-corrected chi connectivity index (χ0v) is 13.2. The van der Waals surface area contributed by atoms with Crippen molar-refractivity contribution in [2.45, 2.75) is 63.8 Å². The normalized spacial score (nSPS) is 23.1. The van der Waals surface area contributed by atoms with Gasteiger partial charge in [0.15, 0.2) is 5.78 Å². The van der Waals surface area contributed by atoms with Gasteiger partial charge in [0, 0.05) is 11.1 Å². The Kier molecular flexibility index (Phi) is 4.22. The van der Waals surface area contributed by atoms with Gasteiger partial charge in [-0.05, 0) is 45.7 Å². The first-order valence-electron chi connectivity index (χ1n) is 7.90. The number of Topliss-reactive ketones (excluding diaryl/α,β-unsaturated/α-hetero) is 1. The van der Waals surface area contributed by atoms with Gasteiger partial charge in [0.1, 0.15) is 5.01 Å². The average Bonchev–Trinajstić information content (AvgIpc) is 3.10. The van der Waals surface area contributed by atoms with Crippen LogP contribution in [0.2, 0.25) is 0 Å². The van der Waals surface area contributed by atoms with Crippen molar-refractivity contribution in [3.63, 3.8) is 0 Å². The number of carbonyl (C=O) groups excluding carboxylic acids is 1. The summed E-state index contributed by atoms with van der Waals surface area (Å²) in [6, 6.07) is 0. The van der Waals surface area contributed by atoms with Gasteiger partial charge < -0.3 is 0 Å². The molecule has 2 fully saturated rings. The number of nitrogens with zero attached hydrogens (tertiary/aromatic N) is 2. The molecule has 0 atom stereocenters. The van der Waals surface area contributed by atoms with Crippen molar-refractivity contribution in [1.29, 1.82) is 0 Å². The first-order valence-corrected chi connectivity index (χ1v) is 8.78. The summed E-state index contributed by atoms with van der Waals surface area (Å²) in [5.41, 5.74) is 0.885. The molecule has 2 aliphatic rings. The predicted octanol–water partition coefficient (Wildman–Crippen LogP) is 3.36. The minimum absolute atomic E-state index is 0.153. The minimum Gasteiger partial charge on any atom is -0.297 e. The van der Waals surface area contributed by atoms with E-state index in [-0.39, 0.29) is 5.54 Å². The quantitative estimate of drug-likeness (QED) is 0.853. The van der Waals surface area contributed by atoms with Crippen LogP contribution in [0.3, 0.4) is 0 Å². The molecule has 1 saturated carbocycles. The molecule has 4 heteroatoms. The molecule has 20 heavy (non-hydrogen) atoms. The van der Waals surface area contributed by atoms with Crippen molar-refractivity contribution in [2.24, 2.45) is 0 Å². The van der Waals surface area contributed by atoms with Crippen LogP contribution in [0.4, 0.5) is 0 Å². The van der Waals surface area contributed by atoms with Crippen LogP contribution in [0.1, 0.15) is 55.6 Å². The van der Waals surface area contributed by atoms with Crippen LogP contribution in [0.5, 0.6) is 0 Å². The fraction of sp³-hybridized carbons (Fsp3) is 0.750. The summed E-state index contributed by atoms with van der Waals surface area (Å²) in [5, 5.41) is 3.04. The minimum atomic E-state index is -0.153. The number of ketones is 1. The molecule has 1 aliphatic heterocycles. The van der Waals surface area contributed by atoms with Gasteiger partial charge >= 0.3 is 0 Å². The van der Waals surface area contributed by atoms with Gasteiger partial charge in [-0.25, -0.2) is 4.98 Å². The van der Waals surface area contributed by atoms with Gasteiger partial charge in [0.25, 0.3) is 0 Å². The van der Waals surface area contributed by atoms with E-state index >= 15 is 0 Å². The molecular weight excluding hydrogens is 268 g/mol. The van der Waals surface area contributed by atoms with Crippen LogP contribution < -0.4 is 0 Å². The van der Waals surface area contributed by atoms with Gasteiger partial charge in [-0.15, -0.1) is 11.3 Å². The molecule has 0 N–H and O–H groups in total. The van der Waals surface area contributed by atoms with Crippen molar-refractivity contribution >= 4 is 17.1 Å². The zero-order valence-electron chi connectivity index (χ0n) is 12.4. The van der Waals surface area contributed by atoms with E-state index in [0.29, 0.717) is 12.2 Å². The molecular formula is C16H24N2OS. The molecule has 110 valence electrons. The first-order chi connectivity index (χ1) is 9.71. The second-order valence-electron chi connectivity index (χ2n) is 6.27. The Morgan fingerprint density at radius 3 is 2.55 bits per heavy atom. The summed E-state index contributed by atoms with van der Waals surface area (Å²) in [6.45, 7) is 4.23. The lowest BCUT2D eigenvalue weighted by atomic mass is 9.86. The molecule has 0 unspecified atom stereocenters. The highest BCUT2D eigenvalue weighted by Gasteiger charge is 2.45. The smallest absolute Gasteiger partial charge is 0.159 e. The van der Waals surface area contributed by atoms with Crippen LogP contribution in [0.25, 0.3) is 0 Å². The summed E-state index contributed by atoms with van der Waals surface area (Å²) < 4.78 is 0. The molecule has 0 aromatic carbocycles. The molecule has 1 aromatic rings. The third kappa shape index (κ3) is 2.68. The fourth-order valence-electron chi connectivity index (χ4n) is 3.84.